The summed E-state index contributed by atoms with van der Waals surface area (Å²) in [6.07, 6.45) is 0. The van der Waals surface area contributed by atoms with Crippen LogP contribution in [0, 0.1) is 6.92 Å². The SMILES string of the molecule is Cc1ccc2[nH]c3ccccc3c2c1.[HH]. The number of H-pyrrole nitrogens is 1. The van der Waals surface area contributed by atoms with Crippen LogP contribution in [0.1, 0.15) is 6.99 Å². The number of hydrogen-bond donors (Lipinski definition) is 1. The van der Waals surface area contributed by atoms with Crippen LogP contribution in [0.3, 0.4) is 0 Å². The summed E-state index contributed by atoms with van der Waals surface area (Å²) in [5.74, 6) is 0. The molecule has 1 heteroatoms. The maximum absolute atomic E-state index is 3.41. The Bertz CT molecular complexity index is 610. The van der Waals surface area contributed by atoms with Crippen LogP contribution < -0.4 is 0 Å². The van der Waals surface area contributed by atoms with Gasteiger partial charge in [0.05, 0.1) is 0 Å². The van der Waals surface area contributed by atoms with Crippen molar-refractivity contribution in [2.24, 2.45) is 0 Å². The molecule has 0 saturated carbocycles. The highest BCUT2D eigenvalue weighted by molar-refractivity contribution is 6.07. The van der Waals surface area contributed by atoms with Crippen molar-refractivity contribution in [2.75, 3.05) is 0 Å². The van der Waals surface area contributed by atoms with Crippen LogP contribution in [-0.4, -0.2) is 4.98 Å². The second-order valence-corrected chi connectivity index (χ2v) is 3.72. The first-order valence-corrected chi connectivity index (χ1v) is 4.82. The summed E-state index contributed by atoms with van der Waals surface area (Å²) in [4.78, 5) is 3.41. The van der Waals surface area contributed by atoms with E-state index in [4.69, 9.17) is 0 Å². The number of para-hydroxylation sites is 1. The molecule has 2 aromatic carbocycles. The van der Waals surface area contributed by atoms with Gasteiger partial charge in [0.15, 0.2) is 0 Å². The Balaban J connectivity index is 0.000000853. The number of aromatic amines is 1. The normalized spacial score (nSPS) is 11.2. The van der Waals surface area contributed by atoms with Gasteiger partial charge in [0.2, 0.25) is 0 Å². The van der Waals surface area contributed by atoms with E-state index in [1.54, 1.807) is 0 Å². The maximum Gasteiger partial charge on any atom is 0.0465 e. The smallest absolute Gasteiger partial charge is 0.0465 e. The van der Waals surface area contributed by atoms with Crippen molar-refractivity contribution < 1.29 is 1.43 Å². The number of rotatable bonds is 0. The fourth-order valence-electron chi connectivity index (χ4n) is 1.96. The van der Waals surface area contributed by atoms with Gasteiger partial charge in [0, 0.05) is 23.2 Å². The molecule has 0 atom stereocenters. The minimum Gasteiger partial charge on any atom is -0.355 e. The molecule has 0 fully saturated rings. The Kier molecular flexibility index (Phi) is 1.42. The first-order valence-electron chi connectivity index (χ1n) is 4.82. The number of aryl methyl sites for hydroxylation is 1. The highest BCUT2D eigenvalue weighted by atomic mass is 14.7. The van der Waals surface area contributed by atoms with E-state index in [9.17, 15) is 0 Å². The molecule has 1 nitrogen and oxygen atoms in total. The molecular weight excluding hydrogens is 170 g/mol. The zero-order valence-electron chi connectivity index (χ0n) is 8.04. The topological polar surface area (TPSA) is 15.8 Å². The fraction of sp³-hybridized carbons (Fsp3) is 0.0769. The van der Waals surface area contributed by atoms with Gasteiger partial charge in [-0.15, -0.1) is 0 Å². The van der Waals surface area contributed by atoms with Gasteiger partial charge in [-0.3, -0.25) is 0 Å². The lowest BCUT2D eigenvalue weighted by atomic mass is 10.1. The van der Waals surface area contributed by atoms with E-state index in [1.807, 2.05) is 0 Å². The van der Waals surface area contributed by atoms with Crippen LogP contribution >= 0.6 is 0 Å². The molecule has 3 aromatic rings. The summed E-state index contributed by atoms with van der Waals surface area (Å²) in [5, 5.41) is 2.63. The van der Waals surface area contributed by atoms with Crippen molar-refractivity contribution in [1.29, 1.82) is 0 Å². The maximum atomic E-state index is 3.41. The third-order valence-electron chi connectivity index (χ3n) is 2.66. The van der Waals surface area contributed by atoms with Crippen LogP contribution in [-0.2, 0) is 0 Å². The third kappa shape index (κ3) is 0.956. The second-order valence-electron chi connectivity index (χ2n) is 3.72. The van der Waals surface area contributed by atoms with Crippen LogP contribution in [0.25, 0.3) is 21.8 Å². The standard InChI is InChI=1S/C13H11N.H2/c1-9-6-7-13-11(8-9)10-4-2-3-5-12(10)14-13;/h2-8,14H,1H3;1H. The Hall–Kier alpha value is -1.76. The monoisotopic (exact) mass is 183 g/mol. The van der Waals surface area contributed by atoms with Gasteiger partial charge < -0.3 is 4.98 Å². The van der Waals surface area contributed by atoms with E-state index in [-0.39, 0.29) is 1.43 Å². The zero-order chi connectivity index (χ0) is 9.54. The highest BCUT2D eigenvalue weighted by Gasteiger charge is 2.01. The van der Waals surface area contributed by atoms with Crippen molar-refractivity contribution in [3.63, 3.8) is 0 Å². The minimum atomic E-state index is 0. The molecule has 1 heterocycles. The van der Waals surface area contributed by atoms with Crippen molar-refractivity contribution >= 4 is 21.8 Å². The lowest BCUT2D eigenvalue weighted by Crippen LogP contribution is -1.70. The van der Waals surface area contributed by atoms with Gasteiger partial charge in [-0.2, -0.15) is 0 Å². The van der Waals surface area contributed by atoms with Crippen molar-refractivity contribution in [2.45, 2.75) is 6.92 Å². The van der Waals surface area contributed by atoms with E-state index in [1.165, 1.54) is 27.4 Å². The van der Waals surface area contributed by atoms with E-state index >= 15 is 0 Å². The van der Waals surface area contributed by atoms with Crippen molar-refractivity contribution in [3.05, 3.63) is 48.0 Å². The molecule has 14 heavy (non-hydrogen) atoms. The molecule has 0 aliphatic rings. The summed E-state index contributed by atoms with van der Waals surface area (Å²) >= 11 is 0. The predicted octanol–water partition coefficient (Wildman–Crippen LogP) is 3.88. The molecule has 0 radical (unpaired) electrons. The van der Waals surface area contributed by atoms with Crippen molar-refractivity contribution in [3.8, 4) is 0 Å². The van der Waals surface area contributed by atoms with Gasteiger partial charge >= 0.3 is 0 Å². The lowest BCUT2D eigenvalue weighted by Gasteiger charge is -1.92. The molecule has 0 saturated heterocycles. The van der Waals surface area contributed by atoms with E-state index < -0.39 is 0 Å². The highest BCUT2D eigenvalue weighted by Crippen LogP contribution is 2.25. The zero-order valence-corrected chi connectivity index (χ0v) is 8.04. The number of nitrogens with one attached hydrogen (secondary N) is 1. The molecule has 0 aliphatic heterocycles. The molecule has 0 amide bonds. The van der Waals surface area contributed by atoms with Gasteiger partial charge in [-0.25, -0.2) is 0 Å². The molecule has 0 aliphatic carbocycles. The number of benzene rings is 2. The van der Waals surface area contributed by atoms with Crippen LogP contribution in [0.2, 0.25) is 0 Å². The first kappa shape index (κ1) is 7.63. The summed E-state index contributed by atoms with van der Waals surface area (Å²) in [5.41, 5.74) is 3.74. The number of aromatic nitrogens is 1. The molecule has 1 aromatic heterocycles. The van der Waals surface area contributed by atoms with Crippen LogP contribution in [0.15, 0.2) is 42.5 Å². The molecular formula is C13H13N. The van der Waals surface area contributed by atoms with E-state index in [0.717, 1.165) is 0 Å². The molecule has 0 unspecified atom stereocenters. The average Bonchev–Trinajstić information content (AvgIpc) is 2.56. The summed E-state index contributed by atoms with van der Waals surface area (Å²) < 4.78 is 0. The van der Waals surface area contributed by atoms with E-state index in [0.29, 0.717) is 0 Å². The summed E-state index contributed by atoms with van der Waals surface area (Å²) in [7, 11) is 0. The first-order chi connectivity index (χ1) is 6.84. The van der Waals surface area contributed by atoms with Gasteiger partial charge in [0.25, 0.3) is 0 Å². The van der Waals surface area contributed by atoms with Crippen LogP contribution in [0.4, 0.5) is 0 Å². The third-order valence-corrected chi connectivity index (χ3v) is 2.66. The molecule has 0 spiro atoms. The quantitative estimate of drug-likeness (QED) is 0.544. The molecule has 70 valence electrons. The number of hydrogen-bond acceptors (Lipinski definition) is 0. The second kappa shape index (κ2) is 2.61. The molecule has 0 bridgehead atoms. The largest absolute Gasteiger partial charge is 0.355 e. The molecule has 1 N–H and O–H groups in total. The fourth-order valence-corrected chi connectivity index (χ4v) is 1.96. The van der Waals surface area contributed by atoms with Gasteiger partial charge in [0.1, 0.15) is 0 Å². The molecule has 3 rings (SSSR count). The van der Waals surface area contributed by atoms with E-state index in [2.05, 4.69) is 54.4 Å². The average molecular weight is 183 g/mol. The minimum absolute atomic E-state index is 0. The summed E-state index contributed by atoms with van der Waals surface area (Å²) in [6.45, 7) is 2.13. The Morgan fingerprint density at radius 1 is 0.929 bits per heavy atom. The van der Waals surface area contributed by atoms with Gasteiger partial charge in [-0.1, -0.05) is 29.8 Å². The number of fused-ring (bicyclic) bond motifs is 3. The Morgan fingerprint density at radius 3 is 2.64 bits per heavy atom. The lowest BCUT2D eigenvalue weighted by molar-refractivity contribution is 1.49. The predicted molar refractivity (Wildman–Crippen MR) is 62.7 cm³/mol. The van der Waals surface area contributed by atoms with Gasteiger partial charge in [-0.05, 0) is 25.1 Å². The summed E-state index contributed by atoms with van der Waals surface area (Å²) in [6, 6.07) is 14.9. The van der Waals surface area contributed by atoms with Crippen LogP contribution in [0.5, 0.6) is 0 Å². The van der Waals surface area contributed by atoms with Crippen molar-refractivity contribution in [1.82, 2.24) is 4.98 Å². The Labute approximate surface area is 83.9 Å². The Morgan fingerprint density at radius 2 is 1.71 bits per heavy atom.